The lowest BCUT2D eigenvalue weighted by molar-refractivity contribution is -0.384. The quantitative estimate of drug-likeness (QED) is 0.465. The molecule has 0 aromatic heterocycles. The summed E-state index contributed by atoms with van der Waals surface area (Å²) in [5.74, 6) is -0.409. The molecule has 138 valence electrons. The van der Waals surface area contributed by atoms with Gasteiger partial charge >= 0.3 is 0 Å². The molecule has 4 rings (SSSR count). The lowest BCUT2D eigenvalue weighted by atomic mass is 9.93. The molecule has 2 aromatic rings. The monoisotopic (exact) mass is 372 g/mol. The Hall–Kier alpha value is -3.92. The van der Waals surface area contributed by atoms with Gasteiger partial charge in [0, 0.05) is 35.6 Å². The molecule has 1 amide bonds. The van der Waals surface area contributed by atoms with Crippen LogP contribution in [0.2, 0.25) is 0 Å². The number of nitrogens with zero attached hydrogens (tertiary/aromatic N) is 4. The third-order valence-corrected chi connectivity index (χ3v) is 5.10. The SMILES string of the molecule is C=CCN1c2ccccc2C2C1C=C(C#N)C(=O)N2c1ccc([N+](=O)[O-])cc1. The van der Waals surface area contributed by atoms with Crippen LogP contribution < -0.4 is 9.80 Å². The van der Waals surface area contributed by atoms with Crippen LogP contribution in [-0.4, -0.2) is 23.4 Å². The Morgan fingerprint density at radius 2 is 1.93 bits per heavy atom. The van der Waals surface area contributed by atoms with Crippen molar-refractivity contribution in [1.82, 2.24) is 0 Å². The molecule has 2 aromatic carbocycles. The summed E-state index contributed by atoms with van der Waals surface area (Å²) >= 11 is 0. The molecule has 0 spiro atoms. The van der Waals surface area contributed by atoms with Gasteiger partial charge in [0.1, 0.15) is 11.6 Å². The topological polar surface area (TPSA) is 90.5 Å². The Labute approximate surface area is 161 Å². The summed E-state index contributed by atoms with van der Waals surface area (Å²) in [6.45, 7) is 4.39. The number of non-ortho nitro benzene ring substituents is 1. The van der Waals surface area contributed by atoms with Crippen molar-refractivity contribution in [2.24, 2.45) is 0 Å². The number of anilines is 2. The summed E-state index contributed by atoms with van der Waals surface area (Å²) in [6.07, 6.45) is 3.49. The third kappa shape index (κ3) is 2.55. The summed E-state index contributed by atoms with van der Waals surface area (Å²) in [6, 6.07) is 15.1. The van der Waals surface area contributed by atoms with Gasteiger partial charge in [-0.1, -0.05) is 24.3 Å². The van der Waals surface area contributed by atoms with E-state index >= 15 is 0 Å². The van der Waals surface area contributed by atoms with Crippen molar-refractivity contribution < 1.29 is 9.72 Å². The van der Waals surface area contributed by atoms with Crippen LogP contribution >= 0.6 is 0 Å². The van der Waals surface area contributed by atoms with Crippen molar-refractivity contribution in [3.63, 3.8) is 0 Å². The number of hydrogen-bond acceptors (Lipinski definition) is 5. The Morgan fingerprint density at radius 3 is 2.57 bits per heavy atom. The molecule has 0 fully saturated rings. The molecular formula is C21H16N4O3. The third-order valence-electron chi connectivity index (χ3n) is 5.10. The van der Waals surface area contributed by atoms with E-state index in [0.29, 0.717) is 12.2 Å². The van der Waals surface area contributed by atoms with Crippen LogP contribution in [0.5, 0.6) is 0 Å². The highest BCUT2D eigenvalue weighted by Crippen LogP contribution is 2.47. The van der Waals surface area contributed by atoms with Crippen molar-refractivity contribution >= 4 is 23.0 Å². The van der Waals surface area contributed by atoms with E-state index in [9.17, 15) is 20.2 Å². The molecule has 7 nitrogen and oxygen atoms in total. The van der Waals surface area contributed by atoms with Gasteiger partial charge in [0.2, 0.25) is 0 Å². The van der Waals surface area contributed by atoms with Gasteiger partial charge in [-0.3, -0.25) is 19.8 Å². The number of nitro groups is 1. The van der Waals surface area contributed by atoms with E-state index in [1.54, 1.807) is 29.2 Å². The van der Waals surface area contributed by atoms with Crippen LogP contribution in [0.3, 0.4) is 0 Å². The highest BCUT2D eigenvalue weighted by atomic mass is 16.6. The van der Waals surface area contributed by atoms with E-state index in [2.05, 4.69) is 11.5 Å². The van der Waals surface area contributed by atoms with Crippen LogP contribution in [0.25, 0.3) is 0 Å². The molecule has 0 N–H and O–H groups in total. The van der Waals surface area contributed by atoms with Crippen LogP contribution in [0.1, 0.15) is 11.6 Å². The second-order valence-electron chi connectivity index (χ2n) is 6.58. The number of nitro benzene ring substituents is 1. The van der Waals surface area contributed by atoms with E-state index in [0.717, 1.165) is 11.3 Å². The zero-order valence-electron chi connectivity index (χ0n) is 14.9. The first-order valence-corrected chi connectivity index (χ1v) is 8.73. The Balaban J connectivity index is 1.88. The van der Waals surface area contributed by atoms with Gasteiger partial charge in [-0.25, -0.2) is 0 Å². The van der Waals surface area contributed by atoms with Gasteiger partial charge < -0.3 is 4.90 Å². The largest absolute Gasteiger partial charge is 0.359 e. The first-order valence-electron chi connectivity index (χ1n) is 8.73. The molecule has 2 heterocycles. The van der Waals surface area contributed by atoms with Crippen LogP contribution in [0.15, 0.2) is 72.8 Å². The minimum Gasteiger partial charge on any atom is -0.359 e. The van der Waals surface area contributed by atoms with Crippen molar-refractivity contribution in [2.45, 2.75) is 12.1 Å². The molecule has 2 unspecified atom stereocenters. The van der Waals surface area contributed by atoms with Gasteiger partial charge in [-0.2, -0.15) is 5.26 Å². The lowest BCUT2D eigenvalue weighted by Gasteiger charge is -2.38. The van der Waals surface area contributed by atoms with Gasteiger partial charge in [-0.15, -0.1) is 6.58 Å². The van der Waals surface area contributed by atoms with E-state index in [4.69, 9.17) is 0 Å². The Kier molecular flexibility index (Phi) is 4.17. The van der Waals surface area contributed by atoms with E-state index < -0.39 is 10.8 Å². The zero-order chi connectivity index (χ0) is 19.8. The maximum Gasteiger partial charge on any atom is 0.269 e. The number of carbonyl (C=O) groups is 1. The zero-order valence-corrected chi connectivity index (χ0v) is 14.9. The highest BCUT2D eigenvalue weighted by Gasteiger charge is 2.46. The molecule has 2 atom stereocenters. The highest BCUT2D eigenvalue weighted by molar-refractivity contribution is 6.10. The molecular weight excluding hydrogens is 356 g/mol. The smallest absolute Gasteiger partial charge is 0.269 e. The number of para-hydroxylation sites is 1. The van der Waals surface area contributed by atoms with Crippen molar-refractivity contribution in [3.8, 4) is 6.07 Å². The summed E-state index contributed by atoms with van der Waals surface area (Å²) in [5.41, 5.74) is 2.46. The van der Waals surface area contributed by atoms with Crippen molar-refractivity contribution in [3.05, 3.63) is 88.5 Å². The Bertz CT molecular complexity index is 1050. The van der Waals surface area contributed by atoms with Gasteiger partial charge in [0.05, 0.1) is 17.0 Å². The summed E-state index contributed by atoms with van der Waals surface area (Å²) in [4.78, 5) is 27.2. The molecule has 7 heteroatoms. The van der Waals surface area contributed by atoms with E-state index in [-0.39, 0.29) is 23.3 Å². The van der Waals surface area contributed by atoms with Crippen LogP contribution in [0.4, 0.5) is 17.1 Å². The van der Waals surface area contributed by atoms with Crippen molar-refractivity contribution in [1.29, 1.82) is 5.26 Å². The maximum atomic E-state index is 13.1. The predicted molar refractivity (Wildman–Crippen MR) is 105 cm³/mol. The maximum absolute atomic E-state index is 13.1. The number of amides is 1. The molecule has 2 aliphatic rings. The van der Waals surface area contributed by atoms with Gasteiger partial charge in [-0.05, 0) is 24.3 Å². The molecule has 0 saturated heterocycles. The summed E-state index contributed by atoms with van der Waals surface area (Å²) in [5, 5.41) is 20.5. The number of hydrogen-bond donors (Lipinski definition) is 0. The fourth-order valence-corrected chi connectivity index (χ4v) is 3.94. The lowest BCUT2D eigenvalue weighted by Crippen LogP contribution is -2.47. The van der Waals surface area contributed by atoms with E-state index in [1.165, 1.54) is 12.1 Å². The normalized spacial score (nSPS) is 20.1. The predicted octanol–water partition coefficient (Wildman–Crippen LogP) is 3.51. The fraction of sp³-hybridized carbons (Fsp3) is 0.143. The Morgan fingerprint density at radius 1 is 1.21 bits per heavy atom. The molecule has 0 radical (unpaired) electrons. The number of nitriles is 1. The molecule has 0 bridgehead atoms. The van der Waals surface area contributed by atoms with Crippen LogP contribution in [0, 0.1) is 21.4 Å². The minimum atomic E-state index is -0.484. The van der Waals surface area contributed by atoms with Gasteiger partial charge in [0.15, 0.2) is 0 Å². The molecule has 0 aliphatic carbocycles. The summed E-state index contributed by atoms with van der Waals surface area (Å²) in [7, 11) is 0. The number of rotatable bonds is 4. The fourth-order valence-electron chi connectivity index (χ4n) is 3.94. The van der Waals surface area contributed by atoms with Gasteiger partial charge in [0.25, 0.3) is 11.6 Å². The number of fused-ring (bicyclic) bond motifs is 3. The van der Waals surface area contributed by atoms with E-state index in [1.807, 2.05) is 30.3 Å². The second-order valence-corrected chi connectivity index (χ2v) is 6.58. The number of carbonyl (C=O) groups excluding carboxylic acids is 1. The van der Waals surface area contributed by atoms with Crippen molar-refractivity contribution in [2.75, 3.05) is 16.3 Å². The summed E-state index contributed by atoms with van der Waals surface area (Å²) < 4.78 is 0. The minimum absolute atomic E-state index is 0.0547. The first kappa shape index (κ1) is 17.5. The first-order chi connectivity index (χ1) is 13.6. The average Bonchev–Trinajstić information content (AvgIpc) is 3.01. The molecule has 2 aliphatic heterocycles. The second kappa shape index (κ2) is 6.67. The molecule has 0 saturated carbocycles. The molecule has 28 heavy (non-hydrogen) atoms. The van der Waals surface area contributed by atoms with Crippen LogP contribution in [-0.2, 0) is 4.79 Å². The number of benzene rings is 2. The average molecular weight is 372 g/mol. The standard InChI is InChI=1S/C21H16N4O3/c1-2-11-23-18-6-4-3-5-17(18)20-19(23)12-14(13-22)21(26)24(20)15-7-9-16(10-8-15)25(27)28/h2-10,12,19-20H,1,11H2.